The number of rotatable bonds is 3. The summed E-state index contributed by atoms with van der Waals surface area (Å²) in [7, 11) is 5.48. The number of nitrogens with zero attached hydrogens (tertiary/aromatic N) is 5. The molecule has 0 spiro atoms. The maximum absolute atomic E-state index is 13.0. The van der Waals surface area contributed by atoms with Crippen molar-refractivity contribution < 1.29 is 0 Å². The third kappa shape index (κ3) is 2.87. The zero-order valence-electron chi connectivity index (χ0n) is 16.4. The number of anilines is 2. The van der Waals surface area contributed by atoms with Crippen LogP contribution in [0.15, 0.2) is 43.7 Å². The summed E-state index contributed by atoms with van der Waals surface area (Å²) in [5, 5.41) is 0. The Hall–Kier alpha value is -3.89. The van der Waals surface area contributed by atoms with Gasteiger partial charge in [0.1, 0.15) is 11.6 Å². The minimum Gasteiger partial charge on any atom is -0.385 e. The van der Waals surface area contributed by atoms with Crippen LogP contribution < -0.4 is 34.0 Å². The fraction of sp³-hybridized carbons (Fsp3) is 0.278. The first-order valence-electron chi connectivity index (χ1n) is 8.60. The Balaban J connectivity index is 2.57. The predicted octanol–water partition coefficient (Wildman–Crippen LogP) is -1.78. The molecule has 0 unspecified atom stereocenters. The van der Waals surface area contributed by atoms with Crippen LogP contribution >= 0.6 is 0 Å². The van der Waals surface area contributed by atoms with Gasteiger partial charge in [0, 0.05) is 40.6 Å². The van der Waals surface area contributed by atoms with Gasteiger partial charge in [0.2, 0.25) is 0 Å². The van der Waals surface area contributed by atoms with Crippen molar-refractivity contribution in [3.8, 4) is 0 Å². The Bertz CT molecular complexity index is 1260. The van der Waals surface area contributed by atoms with Crippen molar-refractivity contribution in [1.82, 2.24) is 23.3 Å². The number of hydrogen-bond donors (Lipinski definition) is 2. The molecule has 152 valence electrons. The second-order valence-electron chi connectivity index (χ2n) is 6.72. The molecule has 0 saturated carbocycles. The van der Waals surface area contributed by atoms with E-state index in [9.17, 15) is 19.2 Å². The Morgan fingerprint density at radius 2 is 1.10 bits per heavy atom. The van der Waals surface area contributed by atoms with E-state index in [0.29, 0.717) is 5.56 Å². The fourth-order valence-corrected chi connectivity index (χ4v) is 3.35. The fourth-order valence-electron chi connectivity index (χ4n) is 3.35. The van der Waals surface area contributed by atoms with E-state index in [0.717, 1.165) is 18.3 Å². The van der Waals surface area contributed by atoms with Gasteiger partial charge in [-0.3, -0.25) is 32.8 Å². The average Bonchev–Trinajstić information content (AvgIpc) is 2.73. The van der Waals surface area contributed by atoms with Crippen LogP contribution in [0, 0.1) is 0 Å². The summed E-state index contributed by atoms with van der Waals surface area (Å²) in [6, 6.07) is 3.22. The molecule has 0 aromatic carbocycles. The van der Waals surface area contributed by atoms with Gasteiger partial charge >= 0.3 is 11.4 Å². The maximum atomic E-state index is 13.0. The lowest BCUT2D eigenvalue weighted by Gasteiger charge is -2.23. The van der Waals surface area contributed by atoms with E-state index < -0.39 is 28.4 Å². The monoisotopic (exact) mass is 399 g/mol. The highest BCUT2D eigenvalue weighted by Crippen LogP contribution is 2.32. The molecule has 0 aliphatic carbocycles. The Labute approximate surface area is 164 Å². The van der Waals surface area contributed by atoms with Gasteiger partial charge in [-0.1, -0.05) is 0 Å². The van der Waals surface area contributed by atoms with Gasteiger partial charge in [0.25, 0.3) is 11.1 Å². The van der Waals surface area contributed by atoms with Crippen LogP contribution in [-0.2, 0) is 28.2 Å². The largest absolute Gasteiger partial charge is 0.385 e. The van der Waals surface area contributed by atoms with E-state index in [4.69, 9.17) is 11.5 Å². The van der Waals surface area contributed by atoms with Crippen LogP contribution in [0.25, 0.3) is 0 Å². The Morgan fingerprint density at radius 1 is 0.724 bits per heavy atom. The zero-order valence-corrected chi connectivity index (χ0v) is 16.4. The normalized spacial score (nSPS) is 11.2. The van der Waals surface area contributed by atoms with E-state index in [1.165, 1.54) is 40.6 Å². The Morgan fingerprint density at radius 3 is 1.48 bits per heavy atom. The summed E-state index contributed by atoms with van der Waals surface area (Å²) >= 11 is 0. The lowest BCUT2D eigenvalue weighted by molar-refractivity contribution is 0.654. The maximum Gasteiger partial charge on any atom is 0.332 e. The van der Waals surface area contributed by atoms with Crippen molar-refractivity contribution in [2.24, 2.45) is 28.2 Å². The van der Waals surface area contributed by atoms with Crippen LogP contribution in [0.4, 0.5) is 11.6 Å². The molecule has 29 heavy (non-hydrogen) atoms. The minimum atomic E-state index is -1.02. The quantitative estimate of drug-likeness (QED) is 0.528. The van der Waals surface area contributed by atoms with Crippen molar-refractivity contribution in [3.05, 3.63) is 82.9 Å². The topological polar surface area (TPSA) is 153 Å². The lowest BCUT2D eigenvalue weighted by Crippen LogP contribution is -2.44. The number of hydrogen-bond acceptors (Lipinski definition) is 7. The first-order chi connectivity index (χ1) is 13.6. The molecule has 0 aliphatic heterocycles. The van der Waals surface area contributed by atoms with Crippen molar-refractivity contribution in [2.75, 3.05) is 11.5 Å². The average molecular weight is 399 g/mol. The third-order valence-corrected chi connectivity index (χ3v) is 5.11. The van der Waals surface area contributed by atoms with Crippen LogP contribution in [0.3, 0.4) is 0 Å². The van der Waals surface area contributed by atoms with E-state index in [2.05, 4.69) is 4.98 Å². The van der Waals surface area contributed by atoms with E-state index in [-0.39, 0.29) is 22.8 Å². The molecule has 11 heteroatoms. The van der Waals surface area contributed by atoms with Crippen LogP contribution in [0.2, 0.25) is 0 Å². The van der Waals surface area contributed by atoms with Gasteiger partial charge in [-0.25, -0.2) is 9.59 Å². The molecular weight excluding hydrogens is 378 g/mol. The molecule has 0 saturated heterocycles. The van der Waals surface area contributed by atoms with Crippen LogP contribution in [0.1, 0.15) is 22.6 Å². The van der Waals surface area contributed by atoms with Gasteiger partial charge in [0.15, 0.2) is 0 Å². The summed E-state index contributed by atoms with van der Waals surface area (Å²) in [5.41, 5.74) is 10.3. The smallest absolute Gasteiger partial charge is 0.332 e. The van der Waals surface area contributed by atoms with Gasteiger partial charge in [-0.2, -0.15) is 0 Å². The first kappa shape index (κ1) is 19.9. The molecule has 3 aromatic rings. The molecule has 4 N–H and O–H groups in total. The van der Waals surface area contributed by atoms with E-state index >= 15 is 0 Å². The summed E-state index contributed by atoms with van der Waals surface area (Å²) in [6.45, 7) is 0. The SMILES string of the molecule is Cn1c(N)c(C(c2ccncc2)c2c(N)n(C)c(=O)n(C)c2=O)c(=O)n(C)c1=O. The van der Waals surface area contributed by atoms with Crippen molar-refractivity contribution >= 4 is 11.6 Å². The molecule has 0 amide bonds. The summed E-state index contributed by atoms with van der Waals surface area (Å²) in [6.07, 6.45) is 2.99. The van der Waals surface area contributed by atoms with Crippen molar-refractivity contribution in [2.45, 2.75) is 5.92 Å². The van der Waals surface area contributed by atoms with Crippen molar-refractivity contribution in [1.29, 1.82) is 0 Å². The first-order valence-corrected chi connectivity index (χ1v) is 8.60. The van der Waals surface area contributed by atoms with Crippen LogP contribution in [-0.4, -0.2) is 23.3 Å². The number of nitrogens with two attached hydrogens (primary N) is 2. The summed E-state index contributed by atoms with van der Waals surface area (Å²) in [4.78, 5) is 54.5. The van der Waals surface area contributed by atoms with Gasteiger partial charge in [0.05, 0.1) is 17.0 Å². The highest BCUT2D eigenvalue weighted by atomic mass is 16.2. The molecule has 0 aliphatic rings. The second kappa shape index (κ2) is 6.93. The second-order valence-corrected chi connectivity index (χ2v) is 6.72. The molecule has 0 bridgehead atoms. The van der Waals surface area contributed by atoms with Crippen LogP contribution in [0.5, 0.6) is 0 Å². The molecule has 3 rings (SSSR count). The lowest BCUT2D eigenvalue weighted by atomic mass is 9.86. The molecular formula is C18H21N7O4. The third-order valence-electron chi connectivity index (χ3n) is 5.11. The van der Waals surface area contributed by atoms with Gasteiger partial charge < -0.3 is 11.5 Å². The number of pyridine rings is 1. The molecule has 0 fully saturated rings. The highest BCUT2D eigenvalue weighted by Gasteiger charge is 2.31. The molecule has 3 heterocycles. The zero-order chi connectivity index (χ0) is 21.6. The molecule has 3 aromatic heterocycles. The molecule has 11 nitrogen and oxygen atoms in total. The molecule has 0 atom stereocenters. The van der Waals surface area contributed by atoms with E-state index in [1.54, 1.807) is 12.1 Å². The minimum absolute atomic E-state index is 0.00301. The summed E-state index contributed by atoms with van der Waals surface area (Å²) < 4.78 is 4.05. The highest BCUT2D eigenvalue weighted by molar-refractivity contribution is 5.56. The van der Waals surface area contributed by atoms with Crippen molar-refractivity contribution in [3.63, 3.8) is 0 Å². The Kier molecular flexibility index (Phi) is 4.74. The molecule has 0 radical (unpaired) electrons. The standard InChI is InChI=1S/C18H21N7O4/c1-22-13(19)11(15(26)24(3)17(22)28)10(9-5-7-21-8-6-9)12-14(20)23(2)18(29)25(4)16(12)27/h5-8,10H,19-20H2,1-4H3. The number of aromatic nitrogens is 5. The summed E-state index contributed by atoms with van der Waals surface area (Å²) in [5.74, 6) is -1.22. The number of nitrogen functional groups attached to an aromatic ring is 2. The van der Waals surface area contributed by atoms with Gasteiger partial charge in [-0.15, -0.1) is 0 Å². The predicted molar refractivity (Wildman–Crippen MR) is 108 cm³/mol. The van der Waals surface area contributed by atoms with Gasteiger partial charge in [-0.05, 0) is 17.7 Å². The van der Waals surface area contributed by atoms with E-state index in [1.807, 2.05) is 0 Å².